The van der Waals surface area contributed by atoms with Gasteiger partial charge in [-0.05, 0) is 24.6 Å². The van der Waals surface area contributed by atoms with Crippen molar-refractivity contribution in [3.63, 3.8) is 0 Å². The summed E-state index contributed by atoms with van der Waals surface area (Å²) in [4.78, 5) is 10.8. The standard InChI is InChI=1S/C18H20ClFN2O2.ClH/c1-2-15(22-11-10-16(21)23)13-8-9-14(19)18(17(13)20)24-12-6-4-3-5-7-12;/h3-9,15,22H,2,10-11H2,1H3,(H2,21,23);1H/t15-;/m1./s1. The smallest absolute Gasteiger partial charge is 0.218 e. The highest BCUT2D eigenvalue weighted by Gasteiger charge is 2.20. The number of hydrogen-bond acceptors (Lipinski definition) is 3. The summed E-state index contributed by atoms with van der Waals surface area (Å²) < 4.78 is 20.5. The third kappa shape index (κ3) is 5.88. The van der Waals surface area contributed by atoms with Crippen LogP contribution in [0, 0.1) is 5.82 Å². The molecule has 3 N–H and O–H groups in total. The van der Waals surface area contributed by atoms with Crippen molar-refractivity contribution in [2.24, 2.45) is 5.73 Å². The van der Waals surface area contributed by atoms with Crippen LogP contribution >= 0.6 is 24.0 Å². The number of primary amides is 1. The molecule has 0 aromatic heterocycles. The number of para-hydroxylation sites is 1. The van der Waals surface area contributed by atoms with Gasteiger partial charge in [0.25, 0.3) is 0 Å². The molecule has 0 heterocycles. The van der Waals surface area contributed by atoms with E-state index in [0.717, 1.165) is 0 Å². The van der Waals surface area contributed by atoms with Gasteiger partial charge in [0, 0.05) is 24.6 Å². The maximum Gasteiger partial charge on any atom is 0.218 e. The van der Waals surface area contributed by atoms with Gasteiger partial charge in [-0.1, -0.05) is 42.8 Å². The fourth-order valence-electron chi connectivity index (χ4n) is 2.36. The Morgan fingerprint density at radius 3 is 2.56 bits per heavy atom. The molecule has 0 aliphatic rings. The Balaban J connectivity index is 0.00000312. The minimum atomic E-state index is -0.509. The SMILES string of the molecule is CC[C@@H](NCCC(N)=O)c1ccc(Cl)c(Oc2ccccc2)c1F.Cl. The molecule has 1 atom stereocenters. The molecule has 25 heavy (non-hydrogen) atoms. The van der Waals surface area contributed by atoms with E-state index in [1.807, 2.05) is 13.0 Å². The average molecular weight is 387 g/mol. The van der Waals surface area contributed by atoms with E-state index in [9.17, 15) is 9.18 Å². The zero-order valence-corrected chi connectivity index (χ0v) is 15.4. The lowest BCUT2D eigenvalue weighted by molar-refractivity contribution is -0.117. The largest absolute Gasteiger partial charge is 0.453 e. The third-order valence-electron chi connectivity index (χ3n) is 3.59. The number of benzene rings is 2. The number of carbonyl (C=O) groups is 1. The summed E-state index contributed by atoms with van der Waals surface area (Å²) in [6.45, 7) is 2.30. The van der Waals surface area contributed by atoms with Crippen LogP contribution in [0.1, 0.15) is 31.4 Å². The molecule has 0 unspecified atom stereocenters. The average Bonchev–Trinajstić information content (AvgIpc) is 2.57. The van der Waals surface area contributed by atoms with E-state index in [1.165, 1.54) is 0 Å². The quantitative estimate of drug-likeness (QED) is 0.695. The number of hydrogen-bond donors (Lipinski definition) is 2. The minimum absolute atomic E-state index is 0. The van der Waals surface area contributed by atoms with Gasteiger partial charge in [-0.3, -0.25) is 4.79 Å². The van der Waals surface area contributed by atoms with E-state index in [2.05, 4.69) is 5.32 Å². The number of nitrogens with two attached hydrogens (primary N) is 1. The Bertz CT molecular complexity index is 699. The molecule has 2 rings (SSSR count). The van der Waals surface area contributed by atoms with E-state index < -0.39 is 11.7 Å². The highest BCUT2D eigenvalue weighted by atomic mass is 35.5. The number of nitrogens with one attached hydrogen (secondary N) is 1. The lowest BCUT2D eigenvalue weighted by atomic mass is 10.0. The van der Waals surface area contributed by atoms with Gasteiger partial charge < -0.3 is 15.8 Å². The van der Waals surface area contributed by atoms with E-state index >= 15 is 0 Å². The highest BCUT2D eigenvalue weighted by molar-refractivity contribution is 6.32. The van der Waals surface area contributed by atoms with Gasteiger partial charge in [-0.25, -0.2) is 4.39 Å². The molecule has 0 bridgehead atoms. The van der Waals surface area contributed by atoms with Crippen molar-refractivity contribution in [1.29, 1.82) is 0 Å². The first kappa shape index (κ1) is 21.2. The lowest BCUT2D eigenvalue weighted by Crippen LogP contribution is -2.26. The first-order chi connectivity index (χ1) is 11.5. The predicted octanol–water partition coefficient (Wildman–Crippen LogP) is 4.61. The maximum absolute atomic E-state index is 14.9. The van der Waals surface area contributed by atoms with Gasteiger partial charge in [-0.2, -0.15) is 0 Å². The van der Waals surface area contributed by atoms with Crippen LogP contribution in [0.5, 0.6) is 11.5 Å². The summed E-state index contributed by atoms with van der Waals surface area (Å²) in [6.07, 6.45) is 0.834. The van der Waals surface area contributed by atoms with Crippen molar-refractivity contribution in [1.82, 2.24) is 5.32 Å². The van der Waals surface area contributed by atoms with Crippen LogP contribution in [0.2, 0.25) is 5.02 Å². The molecule has 0 saturated carbocycles. The lowest BCUT2D eigenvalue weighted by Gasteiger charge is -2.20. The Labute approximate surface area is 157 Å². The van der Waals surface area contributed by atoms with E-state index in [1.54, 1.807) is 36.4 Å². The monoisotopic (exact) mass is 386 g/mol. The molecule has 0 aliphatic heterocycles. The molecule has 4 nitrogen and oxygen atoms in total. The summed E-state index contributed by atoms with van der Waals surface area (Å²) >= 11 is 6.10. The number of carbonyl (C=O) groups excluding carboxylic acids is 1. The Morgan fingerprint density at radius 2 is 1.96 bits per heavy atom. The second kappa shape index (κ2) is 10.2. The fraction of sp³-hybridized carbons (Fsp3) is 0.278. The van der Waals surface area contributed by atoms with Gasteiger partial charge in [0.15, 0.2) is 11.6 Å². The van der Waals surface area contributed by atoms with Gasteiger partial charge in [0.05, 0.1) is 5.02 Å². The topological polar surface area (TPSA) is 64.3 Å². The Hall–Kier alpha value is -1.82. The second-order valence-electron chi connectivity index (χ2n) is 5.33. The highest BCUT2D eigenvalue weighted by Crippen LogP contribution is 2.36. The molecular weight excluding hydrogens is 366 g/mol. The van der Waals surface area contributed by atoms with Crippen LogP contribution in [0.4, 0.5) is 4.39 Å². The van der Waals surface area contributed by atoms with Crippen molar-refractivity contribution in [2.75, 3.05) is 6.54 Å². The molecular formula is C18H21Cl2FN2O2. The number of ether oxygens (including phenoxy) is 1. The molecule has 2 aromatic carbocycles. The summed E-state index contributed by atoms with van der Waals surface area (Å²) in [5.41, 5.74) is 5.57. The maximum atomic E-state index is 14.9. The van der Waals surface area contributed by atoms with Crippen molar-refractivity contribution in [2.45, 2.75) is 25.8 Å². The molecule has 2 aromatic rings. The van der Waals surface area contributed by atoms with Crippen LogP contribution in [0.25, 0.3) is 0 Å². The number of rotatable bonds is 8. The first-order valence-corrected chi connectivity index (χ1v) is 8.13. The van der Waals surface area contributed by atoms with Crippen LogP contribution in [-0.4, -0.2) is 12.5 Å². The minimum Gasteiger partial charge on any atom is -0.453 e. The zero-order valence-electron chi connectivity index (χ0n) is 13.8. The van der Waals surface area contributed by atoms with Gasteiger partial charge in [-0.15, -0.1) is 12.4 Å². The molecule has 7 heteroatoms. The molecule has 0 spiro atoms. The van der Waals surface area contributed by atoms with E-state index in [0.29, 0.717) is 24.3 Å². The molecule has 0 fully saturated rings. The third-order valence-corrected chi connectivity index (χ3v) is 3.89. The predicted molar refractivity (Wildman–Crippen MR) is 100 cm³/mol. The Morgan fingerprint density at radius 1 is 1.28 bits per heavy atom. The number of halogens is 3. The van der Waals surface area contributed by atoms with Gasteiger partial charge in [0.1, 0.15) is 5.75 Å². The van der Waals surface area contributed by atoms with Crippen molar-refractivity contribution >= 4 is 29.9 Å². The van der Waals surface area contributed by atoms with Crippen molar-refractivity contribution in [3.8, 4) is 11.5 Å². The molecule has 0 saturated heterocycles. The summed E-state index contributed by atoms with van der Waals surface area (Å²) in [7, 11) is 0. The fourth-order valence-corrected chi connectivity index (χ4v) is 2.55. The molecule has 0 aliphatic carbocycles. The van der Waals surface area contributed by atoms with Crippen LogP contribution in [0.3, 0.4) is 0 Å². The number of amides is 1. The van der Waals surface area contributed by atoms with Crippen LogP contribution < -0.4 is 15.8 Å². The van der Waals surface area contributed by atoms with E-state index in [4.69, 9.17) is 22.1 Å². The van der Waals surface area contributed by atoms with Gasteiger partial charge in [0.2, 0.25) is 5.91 Å². The summed E-state index contributed by atoms with van der Waals surface area (Å²) in [5, 5.41) is 3.33. The van der Waals surface area contributed by atoms with Crippen LogP contribution in [-0.2, 0) is 4.79 Å². The zero-order chi connectivity index (χ0) is 17.5. The van der Waals surface area contributed by atoms with Crippen molar-refractivity contribution < 1.29 is 13.9 Å². The Kier molecular flexibility index (Phi) is 8.69. The van der Waals surface area contributed by atoms with Gasteiger partial charge >= 0.3 is 0 Å². The normalized spacial score (nSPS) is 11.5. The molecule has 136 valence electrons. The first-order valence-electron chi connectivity index (χ1n) is 7.75. The second-order valence-corrected chi connectivity index (χ2v) is 5.73. The van der Waals surface area contributed by atoms with Crippen molar-refractivity contribution in [3.05, 3.63) is 58.9 Å². The molecule has 1 amide bonds. The van der Waals surface area contributed by atoms with E-state index in [-0.39, 0.29) is 35.6 Å². The summed E-state index contributed by atoms with van der Waals surface area (Å²) in [6, 6.07) is 11.9. The summed E-state index contributed by atoms with van der Waals surface area (Å²) in [5.74, 6) is -0.410. The van der Waals surface area contributed by atoms with Crippen LogP contribution in [0.15, 0.2) is 42.5 Å². The molecule has 0 radical (unpaired) electrons.